The molecule has 6 nitrogen and oxygen atoms in total. The minimum Gasteiger partial charge on any atom is -0.497 e. The van der Waals surface area contributed by atoms with Crippen LogP contribution < -0.4 is 10.1 Å². The Morgan fingerprint density at radius 1 is 1.31 bits per heavy atom. The SMILES string of the molecule is COc1ccc(-c2nnc(SC(C)C(=O)NCc3cccs3)n2C)cc1. The van der Waals surface area contributed by atoms with Crippen molar-refractivity contribution < 1.29 is 9.53 Å². The Balaban J connectivity index is 1.64. The predicted octanol–water partition coefficient (Wildman–Crippen LogP) is 3.35. The van der Waals surface area contributed by atoms with E-state index in [0.717, 1.165) is 22.0 Å². The molecule has 2 heterocycles. The van der Waals surface area contributed by atoms with Gasteiger partial charge in [-0.2, -0.15) is 0 Å². The molecule has 0 spiro atoms. The highest BCUT2D eigenvalue weighted by Crippen LogP contribution is 2.26. The van der Waals surface area contributed by atoms with Crippen LogP contribution in [0.25, 0.3) is 11.4 Å². The molecule has 0 aliphatic carbocycles. The normalized spacial score (nSPS) is 12.0. The summed E-state index contributed by atoms with van der Waals surface area (Å²) < 4.78 is 7.08. The maximum Gasteiger partial charge on any atom is 0.233 e. The Morgan fingerprint density at radius 2 is 2.08 bits per heavy atom. The fourth-order valence-electron chi connectivity index (χ4n) is 2.35. The standard InChI is InChI=1S/C18H20N4O2S2/c1-12(17(23)19-11-15-5-4-10-25-15)26-18-21-20-16(22(18)2)13-6-8-14(24-3)9-7-13/h4-10,12H,11H2,1-3H3,(H,19,23). The van der Waals surface area contributed by atoms with Crippen molar-refractivity contribution in [3.63, 3.8) is 0 Å². The van der Waals surface area contributed by atoms with Crippen LogP contribution in [0, 0.1) is 0 Å². The van der Waals surface area contributed by atoms with Crippen molar-refractivity contribution in [1.29, 1.82) is 0 Å². The van der Waals surface area contributed by atoms with Gasteiger partial charge in [-0.3, -0.25) is 4.79 Å². The summed E-state index contributed by atoms with van der Waals surface area (Å²) in [5.41, 5.74) is 0.947. The van der Waals surface area contributed by atoms with E-state index in [0.29, 0.717) is 11.7 Å². The molecule has 1 unspecified atom stereocenters. The van der Waals surface area contributed by atoms with E-state index >= 15 is 0 Å². The zero-order valence-corrected chi connectivity index (χ0v) is 16.4. The molecule has 2 aromatic heterocycles. The molecule has 3 aromatic rings. The Labute approximate surface area is 160 Å². The van der Waals surface area contributed by atoms with Gasteiger partial charge in [-0.15, -0.1) is 21.5 Å². The van der Waals surface area contributed by atoms with Crippen molar-refractivity contribution in [3.05, 3.63) is 46.7 Å². The number of benzene rings is 1. The van der Waals surface area contributed by atoms with Crippen LogP contribution in [0.4, 0.5) is 0 Å². The molecule has 0 fully saturated rings. The van der Waals surface area contributed by atoms with Crippen molar-refractivity contribution in [2.24, 2.45) is 7.05 Å². The number of nitrogens with one attached hydrogen (secondary N) is 1. The van der Waals surface area contributed by atoms with Crippen molar-refractivity contribution >= 4 is 29.0 Å². The van der Waals surface area contributed by atoms with E-state index in [4.69, 9.17) is 4.74 Å². The number of methoxy groups -OCH3 is 1. The largest absolute Gasteiger partial charge is 0.497 e. The highest BCUT2D eigenvalue weighted by Gasteiger charge is 2.19. The van der Waals surface area contributed by atoms with E-state index in [-0.39, 0.29) is 11.2 Å². The summed E-state index contributed by atoms with van der Waals surface area (Å²) >= 11 is 3.02. The maximum absolute atomic E-state index is 12.3. The summed E-state index contributed by atoms with van der Waals surface area (Å²) in [5, 5.41) is 13.9. The molecule has 0 aliphatic heterocycles. The fraction of sp³-hybridized carbons (Fsp3) is 0.278. The third kappa shape index (κ3) is 4.25. The highest BCUT2D eigenvalue weighted by molar-refractivity contribution is 8.00. The molecule has 3 rings (SSSR count). The summed E-state index contributed by atoms with van der Waals surface area (Å²) in [7, 11) is 3.54. The summed E-state index contributed by atoms with van der Waals surface area (Å²) in [6.07, 6.45) is 0. The van der Waals surface area contributed by atoms with Crippen LogP contribution in [-0.2, 0) is 18.4 Å². The second kappa shape index (κ2) is 8.37. The number of aromatic nitrogens is 3. The van der Waals surface area contributed by atoms with Crippen molar-refractivity contribution in [3.8, 4) is 17.1 Å². The Morgan fingerprint density at radius 3 is 2.73 bits per heavy atom. The molecule has 0 bridgehead atoms. The molecule has 136 valence electrons. The minimum absolute atomic E-state index is 0.0163. The smallest absolute Gasteiger partial charge is 0.233 e. The number of thioether (sulfide) groups is 1. The van der Waals surface area contributed by atoms with Gasteiger partial charge in [0, 0.05) is 17.5 Å². The molecule has 26 heavy (non-hydrogen) atoms. The highest BCUT2D eigenvalue weighted by atomic mass is 32.2. The van der Waals surface area contributed by atoms with Gasteiger partial charge in [-0.1, -0.05) is 17.8 Å². The molecule has 8 heteroatoms. The van der Waals surface area contributed by atoms with Gasteiger partial charge in [-0.05, 0) is 42.6 Å². The van der Waals surface area contributed by atoms with Crippen molar-refractivity contribution in [2.75, 3.05) is 7.11 Å². The van der Waals surface area contributed by atoms with Gasteiger partial charge in [0.1, 0.15) is 5.75 Å². The summed E-state index contributed by atoms with van der Waals surface area (Å²) in [6.45, 7) is 2.42. The number of hydrogen-bond donors (Lipinski definition) is 1. The van der Waals surface area contributed by atoms with Gasteiger partial charge < -0.3 is 14.6 Å². The minimum atomic E-state index is -0.262. The lowest BCUT2D eigenvalue weighted by Crippen LogP contribution is -2.30. The third-order valence-corrected chi connectivity index (χ3v) is 5.86. The lowest BCUT2D eigenvalue weighted by molar-refractivity contribution is -0.120. The van der Waals surface area contributed by atoms with E-state index in [2.05, 4.69) is 15.5 Å². The van der Waals surface area contributed by atoms with Gasteiger partial charge in [0.2, 0.25) is 5.91 Å². The summed E-state index contributed by atoms with van der Waals surface area (Å²) in [5.74, 6) is 1.53. The average molecular weight is 389 g/mol. The number of amides is 1. The molecule has 0 aliphatic rings. The predicted molar refractivity (Wildman–Crippen MR) is 104 cm³/mol. The topological polar surface area (TPSA) is 69.0 Å². The number of ether oxygens (including phenoxy) is 1. The van der Waals surface area contributed by atoms with Crippen LogP contribution in [0.5, 0.6) is 5.75 Å². The van der Waals surface area contributed by atoms with Gasteiger partial charge in [0.15, 0.2) is 11.0 Å². The molecule has 0 saturated heterocycles. The van der Waals surface area contributed by atoms with Crippen LogP contribution in [0.15, 0.2) is 46.9 Å². The first-order chi connectivity index (χ1) is 12.6. The second-order valence-electron chi connectivity index (χ2n) is 5.65. The molecular weight excluding hydrogens is 368 g/mol. The van der Waals surface area contributed by atoms with Crippen LogP contribution in [0.3, 0.4) is 0 Å². The molecule has 1 atom stereocenters. The molecule has 0 radical (unpaired) electrons. The number of carbonyl (C=O) groups is 1. The van der Waals surface area contributed by atoms with Gasteiger partial charge in [-0.25, -0.2) is 0 Å². The van der Waals surface area contributed by atoms with E-state index in [1.165, 1.54) is 11.8 Å². The van der Waals surface area contributed by atoms with Crippen LogP contribution in [0.1, 0.15) is 11.8 Å². The maximum atomic E-state index is 12.3. The number of thiophene rings is 1. The van der Waals surface area contributed by atoms with Crippen molar-refractivity contribution in [2.45, 2.75) is 23.9 Å². The fourth-order valence-corrected chi connectivity index (χ4v) is 3.84. The van der Waals surface area contributed by atoms with Gasteiger partial charge in [0.25, 0.3) is 0 Å². The average Bonchev–Trinajstić information content (AvgIpc) is 3.30. The van der Waals surface area contributed by atoms with E-state index in [9.17, 15) is 4.79 Å². The molecule has 1 amide bonds. The van der Waals surface area contributed by atoms with Crippen LogP contribution in [-0.4, -0.2) is 33.0 Å². The third-order valence-electron chi connectivity index (χ3n) is 3.85. The first-order valence-corrected chi connectivity index (χ1v) is 9.85. The molecule has 0 saturated carbocycles. The lowest BCUT2D eigenvalue weighted by atomic mass is 10.2. The lowest BCUT2D eigenvalue weighted by Gasteiger charge is -2.11. The zero-order valence-electron chi connectivity index (χ0n) is 14.8. The first kappa shape index (κ1) is 18.5. The van der Waals surface area contributed by atoms with Crippen molar-refractivity contribution in [1.82, 2.24) is 20.1 Å². The van der Waals surface area contributed by atoms with E-state index in [1.54, 1.807) is 18.4 Å². The molecule has 1 N–H and O–H groups in total. The van der Waals surface area contributed by atoms with Gasteiger partial charge in [0.05, 0.1) is 18.9 Å². The van der Waals surface area contributed by atoms with Gasteiger partial charge >= 0.3 is 0 Å². The quantitative estimate of drug-likeness (QED) is 0.629. The summed E-state index contributed by atoms with van der Waals surface area (Å²) in [6, 6.07) is 11.6. The number of hydrogen-bond acceptors (Lipinski definition) is 6. The monoisotopic (exact) mass is 388 g/mol. The Kier molecular flexibility index (Phi) is 5.95. The number of carbonyl (C=O) groups excluding carboxylic acids is 1. The number of rotatable bonds is 7. The van der Waals surface area contributed by atoms with Crippen LogP contribution >= 0.6 is 23.1 Å². The Bertz CT molecular complexity index is 860. The first-order valence-electron chi connectivity index (χ1n) is 8.09. The molecule has 1 aromatic carbocycles. The Hall–Kier alpha value is -2.32. The zero-order chi connectivity index (χ0) is 18.5. The number of nitrogens with zero attached hydrogens (tertiary/aromatic N) is 3. The molecular formula is C18H20N4O2S2. The van der Waals surface area contributed by atoms with E-state index < -0.39 is 0 Å². The second-order valence-corrected chi connectivity index (χ2v) is 7.99. The van der Waals surface area contributed by atoms with Crippen LogP contribution in [0.2, 0.25) is 0 Å². The van der Waals surface area contributed by atoms with E-state index in [1.807, 2.05) is 60.3 Å². The summed E-state index contributed by atoms with van der Waals surface area (Å²) in [4.78, 5) is 13.4.